The van der Waals surface area contributed by atoms with E-state index in [0.29, 0.717) is 0 Å². The molecule has 0 bridgehead atoms. The molecule has 4 heavy (non-hydrogen) atoms. The second kappa shape index (κ2) is 42.1. The van der Waals surface area contributed by atoms with E-state index in [1.807, 2.05) is 0 Å². The average molecular weight is 163 g/mol. The summed E-state index contributed by atoms with van der Waals surface area (Å²) >= 11 is 0. The fourth-order valence-corrected chi connectivity index (χ4v) is 0. The summed E-state index contributed by atoms with van der Waals surface area (Å²) in [5.41, 5.74) is 0. The van der Waals surface area contributed by atoms with Crippen LogP contribution in [0.5, 0.6) is 0 Å². The molecular weight excluding hydrogens is 151 g/mol. The van der Waals surface area contributed by atoms with Crippen LogP contribution >= 0.6 is 0 Å². The van der Waals surface area contributed by atoms with E-state index in [0.717, 1.165) is 0 Å². The predicted octanol–water partition coefficient (Wildman–Crippen LogP) is 1.53. The standard InChI is InChI=1S/3CH4.In/h3*1H4;. The van der Waals surface area contributed by atoms with Crippen molar-refractivity contribution in [1.29, 1.82) is 0 Å². The molecule has 0 atom stereocenters. The van der Waals surface area contributed by atoms with Crippen LogP contribution in [0, 0.1) is 0 Å². The maximum Gasteiger partial charge on any atom is 0 e. The van der Waals surface area contributed by atoms with Gasteiger partial charge < -0.3 is 0 Å². The predicted molar refractivity (Wildman–Crippen MR) is 25.9 cm³/mol. The maximum atomic E-state index is 0. The molecule has 0 spiro atoms. The zero-order valence-corrected chi connectivity index (χ0v) is 3.87. The Morgan fingerprint density at radius 3 is 0.500 bits per heavy atom. The summed E-state index contributed by atoms with van der Waals surface area (Å²) in [5.74, 6) is 0. The molecule has 3 radical (unpaired) electrons. The van der Waals surface area contributed by atoms with Gasteiger partial charge in [0.2, 0.25) is 0 Å². The van der Waals surface area contributed by atoms with Crippen molar-refractivity contribution in [3.05, 3.63) is 0 Å². The van der Waals surface area contributed by atoms with Crippen LogP contribution in [0.25, 0.3) is 0 Å². The Kier molecular flexibility index (Phi) is 1010. The van der Waals surface area contributed by atoms with Gasteiger partial charge in [-0.3, -0.25) is 0 Å². The van der Waals surface area contributed by atoms with Gasteiger partial charge >= 0.3 is 0 Å². The first-order valence-electron chi connectivity index (χ1n) is 0. The van der Waals surface area contributed by atoms with E-state index in [-0.39, 0.29) is 48.1 Å². The second-order valence-corrected chi connectivity index (χ2v) is 0. The molecule has 0 saturated heterocycles. The van der Waals surface area contributed by atoms with Gasteiger partial charge in [-0.15, -0.1) is 0 Å². The molecule has 0 aromatic rings. The van der Waals surface area contributed by atoms with Crippen molar-refractivity contribution in [2.24, 2.45) is 0 Å². The topological polar surface area (TPSA) is 0 Å². The Morgan fingerprint density at radius 2 is 0.500 bits per heavy atom. The molecule has 0 aromatic heterocycles. The Hall–Kier alpha value is 0.870. The third kappa shape index (κ3) is 13.3. The first kappa shape index (κ1) is 96.3. The van der Waals surface area contributed by atoms with Crippen molar-refractivity contribution in [2.75, 3.05) is 0 Å². The molecule has 0 aliphatic rings. The summed E-state index contributed by atoms with van der Waals surface area (Å²) in [5, 5.41) is 0. The van der Waals surface area contributed by atoms with Crippen LogP contribution in [0.2, 0.25) is 0 Å². The van der Waals surface area contributed by atoms with E-state index in [1.165, 1.54) is 0 Å². The summed E-state index contributed by atoms with van der Waals surface area (Å²) in [6.07, 6.45) is 0. The van der Waals surface area contributed by atoms with Crippen molar-refractivity contribution >= 4 is 25.8 Å². The molecule has 0 aliphatic heterocycles. The van der Waals surface area contributed by atoms with Crippen LogP contribution in [-0.2, 0) is 0 Å². The van der Waals surface area contributed by atoms with Crippen molar-refractivity contribution in [1.82, 2.24) is 0 Å². The van der Waals surface area contributed by atoms with Crippen LogP contribution in [0.3, 0.4) is 0 Å². The second-order valence-electron chi connectivity index (χ2n) is 0. The molecule has 1 heteroatoms. The molecule has 0 N–H and O–H groups in total. The Labute approximate surface area is 48.4 Å². The minimum atomic E-state index is 0. The van der Waals surface area contributed by atoms with Gasteiger partial charge in [-0.2, -0.15) is 0 Å². The van der Waals surface area contributed by atoms with Crippen LogP contribution in [-0.4, -0.2) is 25.8 Å². The van der Waals surface area contributed by atoms with E-state index >= 15 is 0 Å². The first-order valence-corrected chi connectivity index (χ1v) is 0. The third-order valence-corrected chi connectivity index (χ3v) is 0. The Morgan fingerprint density at radius 1 is 0.500 bits per heavy atom. The van der Waals surface area contributed by atoms with Gasteiger partial charge in [0.05, 0.1) is 0 Å². The van der Waals surface area contributed by atoms with Crippen LogP contribution in [0.1, 0.15) is 22.3 Å². The molecule has 0 unspecified atom stereocenters. The minimum Gasteiger partial charge on any atom is -0.0776 e. The summed E-state index contributed by atoms with van der Waals surface area (Å²) in [6, 6.07) is 0. The van der Waals surface area contributed by atoms with Gasteiger partial charge in [0.25, 0.3) is 0 Å². The summed E-state index contributed by atoms with van der Waals surface area (Å²) < 4.78 is 0. The molecule has 0 amide bonds. The molecule has 0 rings (SSSR count). The summed E-state index contributed by atoms with van der Waals surface area (Å²) in [7, 11) is 0. The number of hydrogen-bond donors (Lipinski definition) is 0. The van der Waals surface area contributed by atoms with Crippen molar-refractivity contribution in [3.63, 3.8) is 0 Å². The SMILES string of the molecule is C.C.C.[In]. The third-order valence-electron chi connectivity index (χ3n) is 0. The fraction of sp³-hybridized carbons (Fsp3) is 1.00. The molecule has 27 valence electrons. The largest absolute Gasteiger partial charge is 0.0776 e. The maximum absolute atomic E-state index is 0. The van der Waals surface area contributed by atoms with E-state index in [9.17, 15) is 0 Å². The van der Waals surface area contributed by atoms with Gasteiger partial charge in [0.15, 0.2) is 0 Å². The van der Waals surface area contributed by atoms with Crippen molar-refractivity contribution in [3.8, 4) is 0 Å². The molecule has 0 nitrogen and oxygen atoms in total. The smallest absolute Gasteiger partial charge is 0 e. The van der Waals surface area contributed by atoms with Crippen LogP contribution in [0.15, 0.2) is 0 Å². The van der Waals surface area contributed by atoms with Crippen LogP contribution < -0.4 is 0 Å². The molecule has 0 aromatic carbocycles. The Balaban J connectivity index is 0. The molecule has 0 fully saturated rings. The normalized spacial score (nSPS) is 0. The van der Waals surface area contributed by atoms with E-state index < -0.39 is 0 Å². The zero-order chi connectivity index (χ0) is 0. The van der Waals surface area contributed by atoms with Crippen molar-refractivity contribution in [2.45, 2.75) is 22.3 Å². The molecule has 0 aliphatic carbocycles. The van der Waals surface area contributed by atoms with E-state index in [1.54, 1.807) is 0 Å². The summed E-state index contributed by atoms with van der Waals surface area (Å²) in [4.78, 5) is 0. The Bertz CT molecular complexity index is 3.25. The molecule has 0 saturated carbocycles. The monoisotopic (exact) mass is 163 g/mol. The minimum absolute atomic E-state index is 0. The van der Waals surface area contributed by atoms with Gasteiger partial charge in [-0.25, -0.2) is 0 Å². The van der Waals surface area contributed by atoms with Crippen LogP contribution in [0.4, 0.5) is 0 Å². The summed E-state index contributed by atoms with van der Waals surface area (Å²) in [6.45, 7) is 0. The quantitative estimate of drug-likeness (QED) is 0.507. The van der Waals surface area contributed by atoms with Gasteiger partial charge in [0.1, 0.15) is 0 Å². The van der Waals surface area contributed by atoms with Gasteiger partial charge in [-0.05, 0) is 0 Å². The van der Waals surface area contributed by atoms with Gasteiger partial charge in [-0.1, -0.05) is 22.3 Å². The average Bonchev–Trinajstić information content (AvgIpc) is 0. The molecule has 0 heterocycles. The number of rotatable bonds is 0. The first-order chi connectivity index (χ1) is 0. The van der Waals surface area contributed by atoms with E-state index in [2.05, 4.69) is 0 Å². The fourth-order valence-electron chi connectivity index (χ4n) is 0. The van der Waals surface area contributed by atoms with E-state index in [4.69, 9.17) is 0 Å². The zero-order valence-electron chi connectivity index (χ0n) is 0.577. The van der Waals surface area contributed by atoms with Crippen molar-refractivity contribution < 1.29 is 0 Å². The number of hydrogen-bond acceptors (Lipinski definition) is 0. The molecular formula is C3H12In. The van der Waals surface area contributed by atoms with Gasteiger partial charge in [0, 0.05) is 25.8 Å².